The fourth-order valence-electron chi connectivity index (χ4n) is 4.70. The summed E-state index contributed by atoms with van der Waals surface area (Å²) >= 11 is 0. The third-order valence-electron chi connectivity index (χ3n) is 6.17. The van der Waals surface area contributed by atoms with Gasteiger partial charge in [-0.2, -0.15) is 0 Å². The van der Waals surface area contributed by atoms with E-state index in [0.717, 1.165) is 17.4 Å². The lowest BCUT2D eigenvalue weighted by molar-refractivity contribution is 0.0600. The second-order valence-corrected chi connectivity index (χ2v) is 7.74. The van der Waals surface area contributed by atoms with Gasteiger partial charge < -0.3 is 4.74 Å². The first-order chi connectivity index (χ1) is 14.7. The molecule has 0 saturated heterocycles. The minimum atomic E-state index is -0.299. The zero-order valence-electron chi connectivity index (χ0n) is 16.8. The van der Waals surface area contributed by atoms with Gasteiger partial charge >= 0.3 is 5.97 Å². The van der Waals surface area contributed by atoms with Gasteiger partial charge in [-0.25, -0.2) is 4.79 Å². The van der Waals surface area contributed by atoms with Crippen LogP contribution in [-0.4, -0.2) is 13.1 Å². The Morgan fingerprint density at radius 2 is 1.43 bits per heavy atom. The number of allylic oxidation sites excluding steroid dienone is 1. The summed E-state index contributed by atoms with van der Waals surface area (Å²) in [6.07, 6.45) is 5.14. The first-order valence-electron chi connectivity index (χ1n) is 10.2. The molecule has 0 saturated carbocycles. The number of ether oxygens (including phenoxy) is 1. The van der Waals surface area contributed by atoms with E-state index in [1.807, 2.05) is 24.3 Å². The van der Waals surface area contributed by atoms with Gasteiger partial charge in [-0.05, 0) is 45.5 Å². The molecule has 0 N–H and O–H groups in total. The fraction of sp³-hybridized carbons (Fsp3) is 0.107. The molecule has 0 atom stereocenters. The van der Waals surface area contributed by atoms with E-state index < -0.39 is 0 Å². The number of methoxy groups -OCH3 is 1. The zero-order chi connectivity index (χ0) is 20.6. The SMILES string of the molecule is COC(=O)c1cc2ccccc2c2c1C=CC(c1ccccc1)(c1ccccc1)C2. The number of hydrogen-bond acceptors (Lipinski definition) is 2. The van der Waals surface area contributed by atoms with Crippen LogP contribution in [0.5, 0.6) is 0 Å². The molecule has 4 aromatic carbocycles. The maximum absolute atomic E-state index is 12.6. The topological polar surface area (TPSA) is 26.3 Å². The number of rotatable bonds is 3. The van der Waals surface area contributed by atoms with E-state index in [9.17, 15) is 4.79 Å². The Balaban J connectivity index is 1.81. The Bertz CT molecular complexity index is 1210. The molecule has 5 rings (SSSR count). The summed E-state index contributed by atoms with van der Waals surface area (Å²) in [5.41, 5.74) is 4.95. The van der Waals surface area contributed by atoms with E-state index >= 15 is 0 Å². The highest BCUT2D eigenvalue weighted by molar-refractivity contribution is 6.02. The average Bonchev–Trinajstić information content (AvgIpc) is 2.83. The molecule has 0 bridgehead atoms. The number of esters is 1. The molecule has 0 amide bonds. The van der Waals surface area contributed by atoms with Gasteiger partial charge in [-0.3, -0.25) is 0 Å². The highest BCUT2D eigenvalue weighted by Crippen LogP contribution is 2.44. The fourth-order valence-corrected chi connectivity index (χ4v) is 4.70. The van der Waals surface area contributed by atoms with Crippen LogP contribution in [0.1, 0.15) is 32.6 Å². The van der Waals surface area contributed by atoms with Crippen molar-refractivity contribution in [1.82, 2.24) is 0 Å². The van der Waals surface area contributed by atoms with Crippen molar-refractivity contribution in [2.75, 3.05) is 7.11 Å². The van der Waals surface area contributed by atoms with Crippen LogP contribution in [0.15, 0.2) is 97.1 Å². The van der Waals surface area contributed by atoms with Crippen molar-refractivity contribution in [2.45, 2.75) is 11.8 Å². The second-order valence-electron chi connectivity index (χ2n) is 7.74. The summed E-state index contributed by atoms with van der Waals surface area (Å²) in [7, 11) is 1.44. The Morgan fingerprint density at radius 1 is 0.833 bits per heavy atom. The smallest absolute Gasteiger partial charge is 0.338 e. The van der Waals surface area contributed by atoms with Crippen molar-refractivity contribution in [2.24, 2.45) is 0 Å². The Morgan fingerprint density at radius 3 is 2.07 bits per heavy atom. The molecular weight excluding hydrogens is 368 g/mol. The number of carbonyl (C=O) groups is 1. The predicted molar refractivity (Wildman–Crippen MR) is 122 cm³/mol. The van der Waals surface area contributed by atoms with Crippen LogP contribution in [0.3, 0.4) is 0 Å². The quantitative estimate of drug-likeness (QED) is 0.390. The van der Waals surface area contributed by atoms with Crippen LogP contribution >= 0.6 is 0 Å². The lowest BCUT2D eigenvalue weighted by Crippen LogP contribution is -2.31. The van der Waals surface area contributed by atoms with Gasteiger partial charge in [-0.15, -0.1) is 0 Å². The van der Waals surface area contributed by atoms with E-state index in [1.54, 1.807) is 0 Å². The Kier molecular flexibility index (Phi) is 4.48. The number of fused-ring (bicyclic) bond motifs is 3. The monoisotopic (exact) mass is 390 g/mol. The van der Waals surface area contributed by atoms with Crippen LogP contribution in [0.2, 0.25) is 0 Å². The van der Waals surface area contributed by atoms with Crippen LogP contribution < -0.4 is 0 Å². The first kappa shape index (κ1) is 18.4. The van der Waals surface area contributed by atoms with E-state index in [2.05, 4.69) is 78.9 Å². The molecule has 146 valence electrons. The molecule has 2 nitrogen and oxygen atoms in total. The van der Waals surface area contributed by atoms with Gasteiger partial charge in [0, 0.05) is 5.41 Å². The van der Waals surface area contributed by atoms with E-state index in [4.69, 9.17) is 4.74 Å². The summed E-state index contributed by atoms with van der Waals surface area (Å²) in [6.45, 7) is 0. The lowest BCUT2D eigenvalue weighted by atomic mass is 9.66. The van der Waals surface area contributed by atoms with Gasteiger partial charge in [0.15, 0.2) is 0 Å². The molecule has 1 aliphatic rings. The molecule has 0 aliphatic heterocycles. The average molecular weight is 390 g/mol. The molecule has 1 aliphatic carbocycles. The van der Waals surface area contributed by atoms with E-state index in [0.29, 0.717) is 5.56 Å². The second kappa shape index (κ2) is 7.31. The summed E-state index contributed by atoms with van der Waals surface area (Å²) in [5.74, 6) is -0.298. The van der Waals surface area contributed by atoms with Gasteiger partial charge in [0.1, 0.15) is 0 Å². The van der Waals surface area contributed by atoms with E-state index in [-0.39, 0.29) is 11.4 Å². The summed E-state index contributed by atoms with van der Waals surface area (Å²) < 4.78 is 5.10. The van der Waals surface area contributed by atoms with Gasteiger partial charge in [0.25, 0.3) is 0 Å². The van der Waals surface area contributed by atoms with Crippen molar-refractivity contribution in [3.8, 4) is 0 Å². The molecule has 30 heavy (non-hydrogen) atoms. The largest absolute Gasteiger partial charge is 0.465 e. The minimum Gasteiger partial charge on any atom is -0.465 e. The molecule has 4 aromatic rings. The van der Waals surface area contributed by atoms with Crippen molar-refractivity contribution < 1.29 is 9.53 Å². The van der Waals surface area contributed by atoms with Gasteiger partial charge in [-0.1, -0.05) is 97.1 Å². The van der Waals surface area contributed by atoms with Gasteiger partial charge in [0.05, 0.1) is 12.7 Å². The van der Waals surface area contributed by atoms with Crippen molar-refractivity contribution in [3.63, 3.8) is 0 Å². The van der Waals surface area contributed by atoms with Crippen LogP contribution in [0, 0.1) is 0 Å². The molecule has 0 radical (unpaired) electrons. The summed E-state index contributed by atoms with van der Waals surface area (Å²) in [6, 6.07) is 31.4. The minimum absolute atomic E-state index is 0.298. The summed E-state index contributed by atoms with van der Waals surface area (Å²) in [4.78, 5) is 12.6. The van der Waals surface area contributed by atoms with Crippen molar-refractivity contribution >= 4 is 22.8 Å². The third-order valence-corrected chi connectivity index (χ3v) is 6.17. The highest BCUT2D eigenvalue weighted by Gasteiger charge is 2.36. The zero-order valence-corrected chi connectivity index (χ0v) is 16.8. The molecule has 0 heterocycles. The predicted octanol–water partition coefficient (Wildman–Crippen LogP) is 6.18. The number of hydrogen-bond donors (Lipinski definition) is 0. The number of carbonyl (C=O) groups excluding carboxylic acids is 1. The molecule has 0 spiro atoms. The van der Waals surface area contributed by atoms with E-state index in [1.165, 1.54) is 29.2 Å². The van der Waals surface area contributed by atoms with Gasteiger partial charge in [0.2, 0.25) is 0 Å². The number of benzene rings is 4. The Labute approximate surface area is 176 Å². The lowest BCUT2D eigenvalue weighted by Gasteiger charge is -2.36. The maximum atomic E-state index is 12.6. The molecular formula is C28H22O2. The molecule has 2 heteroatoms. The van der Waals surface area contributed by atoms with Crippen LogP contribution in [0.4, 0.5) is 0 Å². The first-order valence-corrected chi connectivity index (χ1v) is 10.2. The van der Waals surface area contributed by atoms with Crippen LogP contribution in [0.25, 0.3) is 16.8 Å². The normalized spacial score (nSPS) is 14.3. The molecule has 0 aromatic heterocycles. The molecule has 0 fully saturated rings. The summed E-state index contributed by atoms with van der Waals surface area (Å²) in [5, 5.41) is 2.24. The maximum Gasteiger partial charge on any atom is 0.338 e. The van der Waals surface area contributed by atoms with Crippen molar-refractivity contribution in [3.05, 3.63) is 125 Å². The third kappa shape index (κ3) is 2.84. The Hall–Kier alpha value is -3.65. The highest BCUT2D eigenvalue weighted by atomic mass is 16.5. The standard InChI is InChI=1S/C28H22O2/c1-30-27(29)25-18-20-10-8-9-15-23(20)26-19-28(17-16-24(25)26,21-11-4-2-5-12-21)22-13-6-3-7-14-22/h2-18H,19H2,1H3. The molecule has 0 unspecified atom stereocenters. The van der Waals surface area contributed by atoms with Crippen molar-refractivity contribution in [1.29, 1.82) is 0 Å². The van der Waals surface area contributed by atoms with Crippen LogP contribution in [-0.2, 0) is 16.6 Å².